The number of carbonyl (C=O) groups is 1. The first kappa shape index (κ1) is 18.6. The number of fused-ring (bicyclic) bond motifs is 1. The minimum atomic E-state index is -0.853. The summed E-state index contributed by atoms with van der Waals surface area (Å²) in [6.07, 6.45) is 2.83. The molecule has 1 aromatic heterocycles. The highest BCUT2D eigenvalue weighted by atomic mass is 19.2. The van der Waals surface area contributed by atoms with Crippen molar-refractivity contribution < 1.29 is 27.5 Å². The molecule has 1 saturated heterocycles. The van der Waals surface area contributed by atoms with Crippen molar-refractivity contribution in [1.29, 1.82) is 0 Å². The molecule has 0 unspecified atom stereocenters. The number of likely N-dealkylation sites (tertiary alicyclic amines) is 1. The summed E-state index contributed by atoms with van der Waals surface area (Å²) in [7, 11) is 0. The van der Waals surface area contributed by atoms with Gasteiger partial charge in [0, 0.05) is 18.7 Å². The van der Waals surface area contributed by atoms with Crippen LogP contribution < -0.4 is 9.47 Å². The van der Waals surface area contributed by atoms with Gasteiger partial charge in [-0.3, -0.25) is 4.79 Å². The average Bonchev–Trinajstić information content (AvgIpc) is 3.44. The largest absolute Gasteiger partial charge is 0.454 e. The molecule has 0 bridgehead atoms. The van der Waals surface area contributed by atoms with Crippen LogP contribution in [0.25, 0.3) is 11.3 Å². The van der Waals surface area contributed by atoms with E-state index in [4.69, 9.17) is 13.9 Å². The van der Waals surface area contributed by atoms with Gasteiger partial charge in [0.05, 0.1) is 6.20 Å². The van der Waals surface area contributed by atoms with Crippen LogP contribution in [0.1, 0.15) is 35.0 Å². The van der Waals surface area contributed by atoms with Crippen LogP contribution in [0.5, 0.6) is 11.5 Å². The monoisotopic (exact) mass is 412 g/mol. The second kappa shape index (κ2) is 7.44. The van der Waals surface area contributed by atoms with Crippen LogP contribution in [0.2, 0.25) is 0 Å². The molecule has 1 fully saturated rings. The summed E-state index contributed by atoms with van der Waals surface area (Å²) in [6, 6.07) is 9.37. The summed E-state index contributed by atoms with van der Waals surface area (Å²) >= 11 is 0. The number of hydrogen-bond donors (Lipinski definition) is 0. The van der Waals surface area contributed by atoms with E-state index >= 15 is 0 Å². The summed E-state index contributed by atoms with van der Waals surface area (Å²) < 4.78 is 43.0. The highest BCUT2D eigenvalue weighted by Crippen LogP contribution is 2.36. The number of halogens is 2. The summed E-state index contributed by atoms with van der Waals surface area (Å²) in [6.45, 7) is 1.16. The maximum atomic E-state index is 13.5. The van der Waals surface area contributed by atoms with Crippen molar-refractivity contribution in [3.05, 3.63) is 65.7 Å². The molecule has 2 aromatic carbocycles. The molecule has 2 aliphatic heterocycles. The first-order valence-electron chi connectivity index (χ1n) is 9.68. The normalized spacial score (nSPS) is 16.1. The Bertz CT molecular complexity index is 1110. The van der Waals surface area contributed by atoms with Gasteiger partial charge in [0.1, 0.15) is 0 Å². The van der Waals surface area contributed by atoms with Crippen LogP contribution in [-0.2, 0) is 0 Å². The Morgan fingerprint density at radius 1 is 1.00 bits per heavy atom. The fraction of sp³-hybridized carbons (Fsp3) is 0.273. The molecular weight excluding hydrogens is 394 g/mol. The smallest absolute Gasteiger partial charge is 0.309 e. The number of rotatable bonds is 3. The number of nitrogens with zero attached hydrogens (tertiary/aromatic N) is 2. The number of piperidine rings is 1. The van der Waals surface area contributed by atoms with Gasteiger partial charge in [0.2, 0.25) is 6.79 Å². The summed E-state index contributed by atoms with van der Waals surface area (Å²) in [5.41, 5.74) is 1.49. The van der Waals surface area contributed by atoms with E-state index in [2.05, 4.69) is 4.98 Å². The van der Waals surface area contributed by atoms with Crippen LogP contribution in [0, 0.1) is 11.6 Å². The molecule has 0 aliphatic carbocycles. The fourth-order valence-corrected chi connectivity index (χ4v) is 3.87. The van der Waals surface area contributed by atoms with E-state index in [-0.39, 0.29) is 24.5 Å². The Hall–Kier alpha value is -3.42. The molecule has 3 heterocycles. The van der Waals surface area contributed by atoms with E-state index < -0.39 is 11.6 Å². The molecule has 0 N–H and O–H groups in total. The van der Waals surface area contributed by atoms with E-state index in [9.17, 15) is 13.6 Å². The Labute approximate surface area is 171 Å². The zero-order chi connectivity index (χ0) is 20.7. The van der Waals surface area contributed by atoms with Crippen LogP contribution in [0.15, 0.2) is 47.0 Å². The number of benzene rings is 2. The van der Waals surface area contributed by atoms with Crippen LogP contribution in [-0.4, -0.2) is 35.7 Å². The Morgan fingerprint density at radius 2 is 1.80 bits per heavy atom. The highest BCUT2D eigenvalue weighted by molar-refractivity contribution is 5.90. The fourth-order valence-electron chi connectivity index (χ4n) is 3.87. The Morgan fingerprint density at radius 3 is 2.60 bits per heavy atom. The standard InChI is InChI=1S/C22H18F2N2O4/c23-16-3-1-14(9-17(16)24)13-5-7-26(8-6-13)22(27)21-25-11-20(30-21)15-2-4-18-19(10-15)29-12-28-18/h1-4,9-11,13H,5-8,12H2. The lowest BCUT2D eigenvalue weighted by molar-refractivity contribution is 0.0673. The van der Waals surface area contributed by atoms with Gasteiger partial charge in [0.15, 0.2) is 28.9 Å². The molecule has 3 aromatic rings. The van der Waals surface area contributed by atoms with Gasteiger partial charge >= 0.3 is 5.91 Å². The van der Waals surface area contributed by atoms with E-state index in [1.54, 1.807) is 23.1 Å². The number of aromatic nitrogens is 1. The molecule has 30 heavy (non-hydrogen) atoms. The van der Waals surface area contributed by atoms with Gasteiger partial charge in [0.25, 0.3) is 5.89 Å². The summed E-state index contributed by atoms with van der Waals surface area (Å²) in [4.78, 5) is 18.6. The minimum absolute atomic E-state index is 0.0222. The van der Waals surface area contributed by atoms with E-state index in [0.29, 0.717) is 43.2 Å². The third-order valence-corrected chi connectivity index (χ3v) is 5.54. The Kier molecular flexibility index (Phi) is 4.61. The molecule has 1 amide bonds. The molecule has 5 rings (SSSR count). The number of ether oxygens (including phenoxy) is 2. The SMILES string of the molecule is O=C(c1ncc(-c2ccc3c(c2)OCO3)o1)N1CCC(c2ccc(F)c(F)c2)CC1. The van der Waals surface area contributed by atoms with Crippen molar-refractivity contribution in [3.8, 4) is 22.8 Å². The van der Waals surface area contributed by atoms with Crippen molar-refractivity contribution in [2.45, 2.75) is 18.8 Å². The van der Waals surface area contributed by atoms with Crippen molar-refractivity contribution in [2.75, 3.05) is 19.9 Å². The molecule has 0 saturated carbocycles. The van der Waals surface area contributed by atoms with E-state index in [1.807, 2.05) is 6.07 Å². The predicted octanol–water partition coefficient (Wildman–Crippen LogP) is 4.37. The number of carbonyl (C=O) groups excluding carboxylic acids is 1. The molecule has 0 radical (unpaired) electrons. The van der Waals surface area contributed by atoms with Gasteiger partial charge in [-0.1, -0.05) is 6.07 Å². The third kappa shape index (κ3) is 3.38. The molecule has 8 heteroatoms. The van der Waals surface area contributed by atoms with Gasteiger partial charge in [-0.05, 0) is 54.7 Å². The summed E-state index contributed by atoms with van der Waals surface area (Å²) in [5, 5.41) is 0. The van der Waals surface area contributed by atoms with Gasteiger partial charge < -0.3 is 18.8 Å². The maximum absolute atomic E-state index is 13.5. The molecule has 6 nitrogen and oxygen atoms in total. The van der Waals surface area contributed by atoms with Crippen LogP contribution >= 0.6 is 0 Å². The lowest BCUT2D eigenvalue weighted by atomic mass is 9.89. The van der Waals surface area contributed by atoms with Crippen LogP contribution in [0.3, 0.4) is 0 Å². The molecular formula is C22H18F2N2O4. The topological polar surface area (TPSA) is 64.8 Å². The zero-order valence-corrected chi connectivity index (χ0v) is 15.9. The van der Waals surface area contributed by atoms with Crippen molar-refractivity contribution in [2.24, 2.45) is 0 Å². The number of amides is 1. The van der Waals surface area contributed by atoms with Crippen molar-refractivity contribution in [1.82, 2.24) is 9.88 Å². The minimum Gasteiger partial charge on any atom is -0.454 e. The van der Waals surface area contributed by atoms with Crippen molar-refractivity contribution >= 4 is 5.91 Å². The molecule has 0 spiro atoms. The Balaban J connectivity index is 1.25. The molecule has 154 valence electrons. The second-order valence-corrected chi connectivity index (χ2v) is 7.34. The number of oxazole rings is 1. The van der Waals surface area contributed by atoms with Gasteiger partial charge in [-0.15, -0.1) is 0 Å². The quantitative estimate of drug-likeness (QED) is 0.639. The first-order chi connectivity index (χ1) is 14.6. The molecule has 2 aliphatic rings. The lowest BCUT2D eigenvalue weighted by Gasteiger charge is -2.31. The second-order valence-electron chi connectivity index (χ2n) is 7.34. The first-order valence-corrected chi connectivity index (χ1v) is 9.68. The lowest BCUT2D eigenvalue weighted by Crippen LogP contribution is -2.38. The van der Waals surface area contributed by atoms with Crippen LogP contribution in [0.4, 0.5) is 8.78 Å². The predicted molar refractivity (Wildman–Crippen MR) is 102 cm³/mol. The highest BCUT2D eigenvalue weighted by Gasteiger charge is 2.28. The van der Waals surface area contributed by atoms with Crippen molar-refractivity contribution in [3.63, 3.8) is 0 Å². The zero-order valence-electron chi connectivity index (χ0n) is 15.9. The summed E-state index contributed by atoms with van der Waals surface area (Å²) in [5.74, 6) is -0.129. The van der Waals surface area contributed by atoms with E-state index in [1.165, 1.54) is 12.3 Å². The third-order valence-electron chi connectivity index (χ3n) is 5.54. The number of hydrogen-bond acceptors (Lipinski definition) is 5. The van der Waals surface area contributed by atoms with E-state index in [0.717, 1.165) is 17.2 Å². The van der Waals surface area contributed by atoms with Gasteiger partial charge in [-0.2, -0.15) is 0 Å². The maximum Gasteiger partial charge on any atom is 0.309 e. The van der Waals surface area contributed by atoms with Gasteiger partial charge in [-0.25, -0.2) is 13.8 Å². The molecule has 0 atom stereocenters. The average molecular weight is 412 g/mol.